The predicted octanol–water partition coefficient (Wildman–Crippen LogP) is 2.65. The third-order valence-electron chi connectivity index (χ3n) is 2.80. The molecule has 0 aliphatic heterocycles. The number of aryl methyl sites for hydroxylation is 1. The molecule has 0 amide bonds. The van der Waals surface area contributed by atoms with Crippen molar-refractivity contribution in [3.63, 3.8) is 0 Å². The lowest BCUT2D eigenvalue weighted by Crippen LogP contribution is -2.26. The van der Waals surface area contributed by atoms with Gasteiger partial charge in [0.15, 0.2) is 0 Å². The van der Waals surface area contributed by atoms with Crippen LogP contribution in [0.1, 0.15) is 30.5 Å². The molecule has 0 saturated carbocycles. The van der Waals surface area contributed by atoms with E-state index in [2.05, 4.69) is 5.32 Å². The molecule has 1 aromatic carbocycles. The number of ether oxygens (including phenoxy) is 1. The molecule has 2 unspecified atom stereocenters. The van der Waals surface area contributed by atoms with Crippen molar-refractivity contribution in [2.75, 3.05) is 14.2 Å². The highest BCUT2D eigenvalue weighted by atomic mass is 35.5. The van der Waals surface area contributed by atoms with Crippen molar-refractivity contribution >= 4 is 11.6 Å². The first-order valence-corrected chi connectivity index (χ1v) is 6.14. The van der Waals surface area contributed by atoms with Gasteiger partial charge in [-0.25, -0.2) is 0 Å². The summed E-state index contributed by atoms with van der Waals surface area (Å²) in [5, 5.41) is 3.99. The summed E-state index contributed by atoms with van der Waals surface area (Å²) in [5.74, 6) is 0.884. The minimum atomic E-state index is 0.122. The summed E-state index contributed by atoms with van der Waals surface area (Å²) in [6, 6.07) is 4.12. The number of methoxy groups -OCH3 is 1. The zero-order valence-electron chi connectivity index (χ0n) is 10.9. The van der Waals surface area contributed by atoms with Crippen LogP contribution in [0, 0.1) is 6.92 Å². The van der Waals surface area contributed by atoms with E-state index < -0.39 is 0 Å². The van der Waals surface area contributed by atoms with Crippen LogP contribution < -0.4 is 15.8 Å². The molecule has 96 valence electrons. The third kappa shape index (κ3) is 3.60. The lowest BCUT2D eigenvalue weighted by molar-refractivity contribution is 0.392. The van der Waals surface area contributed by atoms with Gasteiger partial charge in [-0.2, -0.15) is 0 Å². The van der Waals surface area contributed by atoms with Crippen LogP contribution in [0.5, 0.6) is 5.75 Å². The quantitative estimate of drug-likeness (QED) is 0.852. The van der Waals surface area contributed by atoms with E-state index in [9.17, 15) is 0 Å². The molecule has 0 aliphatic carbocycles. The summed E-state index contributed by atoms with van der Waals surface area (Å²) >= 11 is 6.10. The summed E-state index contributed by atoms with van der Waals surface area (Å²) in [6.45, 7) is 3.99. The lowest BCUT2D eigenvalue weighted by atomic mass is 9.97. The Hall–Kier alpha value is -0.770. The molecule has 17 heavy (non-hydrogen) atoms. The van der Waals surface area contributed by atoms with Gasteiger partial charge in [-0.3, -0.25) is 0 Å². The van der Waals surface area contributed by atoms with Gasteiger partial charge in [-0.15, -0.1) is 0 Å². The van der Waals surface area contributed by atoms with E-state index in [0.717, 1.165) is 28.3 Å². The predicted molar refractivity (Wildman–Crippen MR) is 72.8 cm³/mol. The van der Waals surface area contributed by atoms with Gasteiger partial charge < -0.3 is 15.8 Å². The molecule has 2 atom stereocenters. The number of rotatable bonds is 5. The smallest absolute Gasteiger partial charge is 0.126 e. The second-order valence-electron chi connectivity index (χ2n) is 4.40. The fourth-order valence-corrected chi connectivity index (χ4v) is 2.35. The SMILES string of the molecule is CNC(CC(C)N)c1cc(Cl)cc(C)c1OC. The van der Waals surface area contributed by atoms with Crippen LogP contribution in [-0.4, -0.2) is 20.2 Å². The molecule has 0 bridgehead atoms. The molecule has 0 radical (unpaired) electrons. The fraction of sp³-hybridized carbons (Fsp3) is 0.538. The van der Waals surface area contributed by atoms with E-state index in [0.29, 0.717) is 0 Å². The highest BCUT2D eigenvalue weighted by Crippen LogP contribution is 2.33. The third-order valence-corrected chi connectivity index (χ3v) is 3.02. The van der Waals surface area contributed by atoms with Gasteiger partial charge in [0.25, 0.3) is 0 Å². The largest absolute Gasteiger partial charge is 0.496 e. The minimum absolute atomic E-state index is 0.122. The van der Waals surface area contributed by atoms with Crippen molar-refractivity contribution in [2.24, 2.45) is 5.73 Å². The van der Waals surface area contributed by atoms with E-state index in [1.54, 1.807) is 7.11 Å². The van der Waals surface area contributed by atoms with Gasteiger partial charge in [0.2, 0.25) is 0 Å². The van der Waals surface area contributed by atoms with Crippen LogP contribution >= 0.6 is 11.6 Å². The van der Waals surface area contributed by atoms with Crippen LogP contribution in [0.2, 0.25) is 5.02 Å². The highest BCUT2D eigenvalue weighted by molar-refractivity contribution is 6.30. The fourth-order valence-electron chi connectivity index (χ4n) is 2.07. The summed E-state index contributed by atoms with van der Waals surface area (Å²) in [6.07, 6.45) is 0.840. The highest BCUT2D eigenvalue weighted by Gasteiger charge is 2.18. The van der Waals surface area contributed by atoms with E-state index in [4.69, 9.17) is 22.1 Å². The van der Waals surface area contributed by atoms with Crippen LogP contribution in [0.4, 0.5) is 0 Å². The standard InChI is InChI=1S/C13H21ClN2O/c1-8-5-10(14)7-11(13(8)17-4)12(16-3)6-9(2)15/h5,7,9,12,16H,6,15H2,1-4H3. The number of benzene rings is 1. The number of nitrogens with one attached hydrogen (secondary N) is 1. The second-order valence-corrected chi connectivity index (χ2v) is 4.84. The Morgan fingerprint density at radius 3 is 2.59 bits per heavy atom. The molecular formula is C13H21ClN2O. The van der Waals surface area contributed by atoms with Crippen molar-refractivity contribution in [1.29, 1.82) is 0 Å². The molecular weight excluding hydrogens is 236 g/mol. The van der Waals surface area contributed by atoms with Crippen molar-refractivity contribution in [1.82, 2.24) is 5.32 Å². The molecule has 3 nitrogen and oxygen atoms in total. The molecule has 4 heteroatoms. The normalized spacial score (nSPS) is 14.5. The van der Waals surface area contributed by atoms with E-state index >= 15 is 0 Å². The van der Waals surface area contributed by atoms with Gasteiger partial charge >= 0.3 is 0 Å². The Labute approximate surface area is 108 Å². The number of hydrogen-bond acceptors (Lipinski definition) is 3. The van der Waals surface area contributed by atoms with Gasteiger partial charge in [0.1, 0.15) is 5.75 Å². The van der Waals surface area contributed by atoms with Gasteiger partial charge in [-0.05, 0) is 45.0 Å². The molecule has 0 aliphatic rings. The summed E-state index contributed by atoms with van der Waals surface area (Å²) in [5.41, 5.74) is 7.97. The minimum Gasteiger partial charge on any atom is -0.496 e. The topological polar surface area (TPSA) is 47.3 Å². The van der Waals surface area contributed by atoms with Gasteiger partial charge in [-0.1, -0.05) is 11.6 Å². The molecule has 0 aromatic heterocycles. The summed E-state index contributed by atoms with van der Waals surface area (Å²) < 4.78 is 5.46. The first-order chi connectivity index (χ1) is 7.99. The average molecular weight is 257 g/mol. The number of hydrogen-bond donors (Lipinski definition) is 2. The van der Waals surface area contributed by atoms with Crippen molar-refractivity contribution in [3.05, 3.63) is 28.3 Å². The van der Waals surface area contributed by atoms with Crippen LogP contribution in [0.25, 0.3) is 0 Å². The monoisotopic (exact) mass is 256 g/mol. The van der Waals surface area contributed by atoms with Crippen molar-refractivity contribution in [2.45, 2.75) is 32.4 Å². The first kappa shape index (κ1) is 14.3. The molecule has 0 spiro atoms. The first-order valence-electron chi connectivity index (χ1n) is 5.76. The van der Waals surface area contributed by atoms with E-state index in [1.807, 2.05) is 33.0 Å². The second kappa shape index (κ2) is 6.24. The molecule has 1 rings (SSSR count). The van der Waals surface area contributed by atoms with Crippen LogP contribution in [0.3, 0.4) is 0 Å². The Morgan fingerprint density at radius 2 is 2.12 bits per heavy atom. The molecule has 0 heterocycles. The van der Waals surface area contributed by atoms with Gasteiger partial charge in [0, 0.05) is 22.7 Å². The molecule has 3 N–H and O–H groups in total. The van der Waals surface area contributed by atoms with Crippen LogP contribution in [-0.2, 0) is 0 Å². The maximum atomic E-state index is 6.10. The maximum Gasteiger partial charge on any atom is 0.126 e. The molecule has 1 aromatic rings. The maximum absolute atomic E-state index is 6.10. The zero-order valence-corrected chi connectivity index (χ0v) is 11.6. The van der Waals surface area contributed by atoms with Crippen molar-refractivity contribution in [3.8, 4) is 5.75 Å². The Balaban J connectivity index is 3.16. The summed E-state index contributed by atoms with van der Waals surface area (Å²) in [7, 11) is 3.60. The van der Waals surface area contributed by atoms with E-state index in [1.165, 1.54) is 0 Å². The Bertz CT molecular complexity index is 380. The van der Waals surface area contributed by atoms with Gasteiger partial charge in [0.05, 0.1) is 7.11 Å². The summed E-state index contributed by atoms with van der Waals surface area (Å²) in [4.78, 5) is 0. The molecule has 0 fully saturated rings. The Morgan fingerprint density at radius 1 is 1.47 bits per heavy atom. The van der Waals surface area contributed by atoms with Crippen molar-refractivity contribution < 1.29 is 4.74 Å². The zero-order chi connectivity index (χ0) is 13.0. The average Bonchev–Trinajstić information content (AvgIpc) is 2.24. The molecule has 0 saturated heterocycles. The Kier molecular flexibility index (Phi) is 5.25. The number of halogens is 1. The van der Waals surface area contributed by atoms with Crippen LogP contribution in [0.15, 0.2) is 12.1 Å². The lowest BCUT2D eigenvalue weighted by Gasteiger charge is -2.22. The van der Waals surface area contributed by atoms with E-state index in [-0.39, 0.29) is 12.1 Å². The number of nitrogens with two attached hydrogens (primary N) is 1.